The smallest absolute Gasteiger partial charge is 0.234 e. The average molecular weight is 356 g/mol. The zero-order chi connectivity index (χ0) is 18.8. The Morgan fingerprint density at radius 1 is 1.00 bits per heavy atom. The van der Waals surface area contributed by atoms with Crippen LogP contribution in [0.1, 0.15) is 18.1 Å². The third-order valence-electron chi connectivity index (χ3n) is 4.25. The summed E-state index contributed by atoms with van der Waals surface area (Å²) in [5, 5.41) is 3.00. The van der Waals surface area contributed by atoms with Gasteiger partial charge in [0.1, 0.15) is 0 Å². The predicted octanol–water partition coefficient (Wildman–Crippen LogP) is 2.88. The molecule has 2 aromatic rings. The molecule has 0 spiro atoms. The first-order valence-corrected chi connectivity index (χ1v) is 8.90. The molecule has 2 rings (SSSR count). The van der Waals surface area contributed by atoms with Crippen molar-refractivity contribution in [1.29, 1.82) is 0 Å². The van der Waals surface area contributed by atoms with Gasteiger partial charge >= 0.3 is 0 Å². The number of amides is 1. The van der Waals surface area contributed by atoms with Crippen LogP contribution in [0.4, 0.5) is 0 Å². The van der Waals surface area contributed by atoms with Crippen molar-refractivity contribution in [3.05, 3.63) is 59.7 Å². The number of carbonyl (C=O) groups is 1. The monoisotopic (exact) mass is 356 g/mol. The molecule has 2 aromatic carbocycles. The van der Waals surface area contributed by atoms with Crippen LogP contribution in [0.5, 0.6) is 11.5 Å². The molecular formula is C21H28N2O3. The van der Waals surface area contributed by atoms with Gasteiger partial charge in [0.2, 0.25) is 5.91 Å². The number of benzene rings is 2. The van der Waals surface area contributed by atoms with E-state index in [-0.39, 0.29) is 5.91 Å². The lowest BCUT2D eigenvalue weighted by molar-refractivity contribution is -0.122. The van der Waals surface area contributed by atoms with Gasteiger partial charge in [0.15, 0.2) is 11.5 Å². The van der Waals surface area contributed by atoms with Gasteiger partial charge in [-0.15, -0.1) is 0 Å². The van der Waals surface area contributed by atoms with Gasteiger partial charge in [-0.3, -0.25) is 9.69 Å². The molecular weight excluding hydrogens is 328 g/mol. The topological polar surface area (TPSA) is 50.8 Å². The molecule has 0 heterocycles. The second-order valence-electron chi connectivity index (χ2n) is 6.08. The van der Waals surface area contributed by atoms with Gasteiger partial charge in [-0.2, -0.15) is 0 Å². The molecule has 0 atom stereocenters. The number of nitrogens with one attached hydrogen (secondary N) is 1. The Morgan fingerprint density at radius 2 is 1.73 bits per heavy atom. The Hall–Kier alpha value is -2.53. The Morgan fingerprint density at radius 3 is 2.38 bits per heavy atom. The third kappa shape index (κ3) is 6.08. The molecule has 0 aliphatic carbocycles. The second-order valence-corrected chi connectivity index (χ2v) is 6.08. The van der Waals surface area contributed by atoms with Gasteiger partial charge in [-0.05, 0) is 36.2 Å². The van der Waals surface area contributed by atoms with Crippen molar-refractivity contribution < 1.29 is 14.3 Å². The minimum absolute atomic E-state index is 0.0447. The Labute approximate surface area is 155 Å². The van der Waals surface area contributed by atoms with Gasteiger partial charge < -0.3 is 14.8 Å². The molecule has 0 unspecified atom stereocenters. The maximum atomic E-state index is 12.2. The molecule has 0 aromatic heterocycles. The molecule has 0 fully saturated rings. The second kappa shape index (κ2) is 10.5. The predicted molar refractivity (Wildman–Crippen MR) is 104 cm³/mol. The fourth-order valence-corrected chi connectivity index (χ4v) is 2.77. The Balaban J connectivity index is 1.83. The van der Waals surface area contributed by atoms with Crippen molar-refractivity contribution in [2.24, 2.45) is 0 Å². The maximum absolute atomic E-state index is 12.2. The van der Waals surface area contributed by atoms with Crippen LogP contribution in [0, 0.1) is 0 Å². The van der Waals surface area contributed by atoms with Crippen LogP contribution in [-0.2, 0) is 17.8 Å². The van der Waals surface area contributed by atoms with Crippen LogP contribution in [-0.4, -0.2) is 44.7 Å². The van der Waals surface area contributed by atoms with E-state index >= 15 is 0 Å². The van der Waals surface area contributed by atoms with Crippen molar-refractivity contribution in [1.82, 2.24) is 10.2 Å². The summed E-state index contributed by atoms with van der Waals surface area (Å²) in [5.74, 6) is 1.45. The largest absolute Gasteiger partial charge is 0.493 e. The summed E-state index contributed by atoms with van der Waals surface area (Å²) >= 11 is 0. The first kappa shape index (κ1) is 19.8. The summed E-state index contributed by atoms with van der Waals surface area (Å²) in [7, 11) is 3.25. The number of carbonyl (C=O) groups excluding carboxylic acids is 1. The fraction of sp³-hybridized carbons (Fsp3) is 0.381. The van der Waals surface area contributed by atoms with E-state index in [0.29, 0.717) is 31.1 Å². The van der Waals surface area contributed by atoms with Crippen LogP contribution < -0.4 is 14.8 Å². The van der Waals surface area contributed by atoms with E-state index < -0.39 is 0 Å². The Bertz CT molecular complexity index is 689. The van der Waals surface area contributed by atoms with Crippen LogP contribution in [0.15, 0.2) is 48.5 Å². The minimum atomic E-state index is 0.0447. The van der Waals surface area contributed by atoms with E-state index in [0.717, 1.165) is 18.5 Å². The average Bonchev–Trinajstić information content (AvgIpc) is 2.68. The van der Waals surface area contributed by atoms with Crippen LogP contribution >= 0.6 is 0 Å². The van der Waals surface area contributed by atoms with Gasteiger partial charge in [0, 0.05) is 13.1 Å². The van der Waals surface area contributed by atoms with Gasteiger partial charge in [0.25, 0.3) is 0 Å². The molecule has 1 amide bonds. The van der Waals surface area contributed by atoms with E-state index in [1.54, 1.807) is 14.2 Å². The lowest BCUT2D eigenvalue weighted by Crippen LogP contribution is -2.37. The summed E-state index contributed by atoms with van der Waals surface area (Å²) in [6, 6.07) is 16.0. The highest BCUT2D eigenvalue weighted by atomic mass is 16.5. The molecule has 1 N–H and O–H groups in total. The first-order valence-electron chi connectivity index (χ1n) is 8.90. The van der Waals surface area contributed by atoms with Crippen molar-refractivity contribution in [2.75, 3.05) is 33.9 Å². The SMILES string of the molecule is CCN(CC(=O)NCCc1ccccc1)Cc1ccc(OC)c(OC)c1. The normalized spacial score (nSPS) is 10.6. The highest BCUT2D eigenvalue weighted by Crippen LogP contribution is 2.27. The molecule has 0 aliphatic rings. The van der Waals surface area contributed by atoms with E-state index in [4.69, 9.17) is 9.47 Å². The zero-order valence-electron chi connectivity index (χ0n) is 15.8. The van der Waals surface area contributed by atoms with Crippen molar-refractivity contribution >= 4 is 5.91 Å². The van der Waals surface area contributed by atoms with E-state index in [1.807, 2.05) is 36.4 Å². The summed E-state index contributed by atoms with van der Waals surface area (Å²) in [6.07, 6.45) is 0.842. The van der Waals surface area contributed by atoms with Crippen molar-refractivity contribution in [3.8, 4) is 11.5 Å². The van der Waals surface area contributed by atoms with E-state index in [9.17, 15) is 4.79 Å². The fourth-order valence-electron chi connectivity index (χ4n) is 2.77. The highest BCUT2D eigenvalue weighted by Gasteiger charge is 2.11. The standard InChI is InChI=1S/C21H28N2O3/c1-4-23(15-18-10-11-19(25-2)20(14-18)26-3)16-21(24)22-13-12-17-8-6-5-7-9-17/h5-11,14H,4,12-13,15-16H2,1-3H3,(H,22,24). The molecule has 26 heavy (non-hydrogen) atoms. The molecule has 0 bridgehead atoms. The molecule has 5 nitrogen and oxygen atoms in total. The van der Waals surface area contributed by atoms with Gasteiger partial charge in [-0.1, -0.05) is 43.3 Å². The number of methoxy groups -OCH3 is 2. The molecule has 0 saturated heterocycles. The minimum Gasteiger partial charge on any atom is -0.493 e. The maximum Gasteiger partial charge on any atom is 0.234 e. The lowest BCUT2D eigenvalue weighted by Gasteiger charge is -2.20. The Kier molecular flexibility index (Phi) is 7.96. The number of hydrogen-bond donors (Lipinski definition) is 1. The van der Waals surface area contributed by atoms with Crippen LogP contribution in [0.3, 0.4) is 0 Å². The number of likely N-dealkylation sites (N-methyl/N-ethyl adjacent to an activating group) is 1. The van der Waals surface area contributed by atoms with E-state index in [2.05, 4.69) is 29.3 Å². The number of nitrogens with zero attached hydrogens (tertiary/aromatic N) is 1. The molecule has 0 radical (unpaired) electrons. The molecule has 140 valence electrons. The van der Waals surface area contributed by atoms with Crippen molar-refractivity contribution in [2.45, 2.75) is 19.9 Å². The number of ether oxygens (including phenoxy) is 2. The quantitative estimate of drug-likeness (QED) is 0.711. The highest BCUT2D eigenvalue weighted by molar-refractivity contribution is 5.78. The zero-order valence-corrected chi connectivity index (χ0v) is 15.8. The van der Waals surface area contributed by atoms with Crippen LogP contribution in [0.25, 0.3) is 0 Å². The first-order chi connectivity index (χ1) is 12.7. The number of rotatable bonds is 10. The summed E-state index contributed by atoms with van der Waals surface area (Å²) in [4.78, 5) is 14.3. The van der Waals surface area contributed by atoms with Gasteiger partial charge in [-0.25, -0.2) is 0 Å². The van der Waals surface area contributed by atoms with Crippen molar-refractivity contribution in [3.63, 3.8) is 0 Å². The molecule has 5 heteroatoms. The molecule has 0 aliphatic heterocycles. The number of hydrogen-bond acceptors (Lipinski definition) is 4. The summed E-state index contributed by atoms with van der Waals surface area (Å²) in [6.45, 7) is 4.55. The molecule has 0 saturated carbocycles. The summed E-state index contributed by atoms with van der Waals surface area (Å²) in [5.41, 5.74) is 2.31. The third-order valence-corrected chi connectivity index (χ3v) is 4.25. The van der Waals surface area contributed by atoms with Crippen LogP contribution in [0.2, 0.25) is 0 Å². The lowest BCUT2D eigenvalue weighted by atomic mass is 10.1. The van der Waals surface area contributed by atoms with E-state index in [1.165, 1.54) is 5.56 Å². The van der Waals surface area contributed by atoms with Gasteiger partial charge in [0.05, 0.1) is 20.8 Å². The summed E-state index contributed by atoms with van der Waals surface area (Å²) < 4.78 is 10.6.